The van der Waals surface area contributed by atoms with Crippen molar-refractivity contribution in [3.05, 3.63) is 0 Å². The molecule has 19 heavy (non-hydrogen) atoms. The molecule has 0 heterocycles. The van der Waals surface area contributed by atoms with Crippen LogP contribution in [0.15, 0.2) is 0 Å². The highest BCUT2D eigenvalue weighted by Crippen LogP contribution is 2.25. The van der Waals surface area contributed by atoms with Crippen molar-refractivity contribution in [1.82, 2.24) is 4.90 Å². The average Bonchev–Trinajstić information content (AvgIpc) is 2.58. The minimum atomic E-state index is 0.0616. The van der Waals surface area contributed by atoms with Crippen molar-refractivity contribution in [1.29, 1.82) is 0 Å². The Hall–Kier alpha value is -0.570. The van der Waals surface area contributed by atoms with Crippen LogP contribution in [-0.4, -0.2) is 29.4 Å². The largest absolute Gasteiger partial charge is 0.340 e. The molecule has 0 saturated heterocycles. The fraction of sp³-hybridized carbons (Fsp3) is 0.938. The van der Waals surface area contributed by atoms with Crippen molar-refractivity contribution < 1.29 is 4.79 Å². The lowest BCUT2D eigenvalue weighted by Crippen LogP contribution is -2.47. The molecule has 1 saturated carbocycles. The molecule has 3 heteroatoms. The van der Waals surface area contributed by atoms with E-state index in [-0.39, 0.29) is 12.0 Å². The topological polar surface area (TPSA) is 46.3 Å². The van der Waals surface area contributed by atoms with Crippen LogP contribution in [0.2, 0.25) is 0 Å². The van der Waals surface area contributed by atoms with E-state index < -0.39 is 0 Å². The molecule has 0 aliphatic heterocycles. The summed E-state index contributed by atoms with van der Waals surface area (Å²) >= 11 is 0. The standard InChI is InChI=1S/C16H32N2O/c1-4-5-9-12-18(13(2)3)16(19)14-10-7-6-8-11-15(14)17/h13-15H,4-12,17H2,1-3H3. The number of nitrogens with zero attached hydrogens (tertiary/aromatic N) is 1. The summed E-state index contributed by atoms with van der Waals surface area (Å²) in [7, 11) is 0. The Bertz CT molecular complexity index is 265. The molecular formula is C16H32N2O. The van der Waals surface area contributed by atoms with E-state index in [2.05, 4.69) is 25.7 Å². The lowest BCUT2D eigenvalue weighted by Gasteiger charge is -2.32. The molecule has 0 bridgehead atoms. The van der Waals surface area contributed by atoms with Gasteiger partial charge in [0.2, 0.25) is 5.91 Å². The van der Waals surface area contributed by atoms with Gasteiger partial charge >= 0.3 is 0 Å². The lowest BCUT2D eigenvalue weighted by molar-refractivity contribution is -0.138. The minimum Gasteiger partial charge on any atom is -0.340 e. The van der Waals surface area contributed by atoms with Gasteiger partial charge in [-0.15, -0.1) is 0 Å². The van der Waals surface area contributed by atoms with E-state index in [1.165, 1.54) is 25.7 Å². The summed E-state index contributed by atoms with van der Waals surface area (Å²) < 4.78 is 0. The van der Waals surface area contributed by atoms with Gasteiger partial charge in [0.25, 0.3) is 0 Å². The molecule has 1 rings (SSSR count). The van der Waals surface area contributed by atoms with Gasteiger partial charge in [0.15, 0.2) is 0 Å². The van der Waals surface area contributed by atoms with Gasteiger partial charge in [-0.25, -0.2) is 0 Å². The van der Waals surface area contributed by atoms with Crippen LogP contribution < -0.4 is 5.73 Å². The van der Waals surface area contributed by atoms with Gasteiger partial charge in [0, 0.05) is 18.6 Å². The number of hydrogen-bond donors (Lipinski definition) is 1. The van der Waals surface area contributed by atoms with Gasteiger partial charge in [-0.2, -0.15) is 0 Å². The second kappa shape index (κ2) is 8.57. The second-order valence-electron chi connectivity index (χ2n) is 6.24. The maximum Gasteiger partial charge on any atom is 0.227 e. The minimum absolute atomic E-state index is 0.0616. The van der Waals surface area contributed by atoms with E-state index in [0.29, 0.717) is 11.9 Å². The fourth-order valence-corrected chi connectivity index (χ4v) is 3.01. The van der Waals surface area contributed by atoms with Crippen LogP contribution >= 0.6 is 0 Å². The van der Waals surface area contributed by atoms with Crippen molar-refractivity contribution in [3.63, 3.8) is 0 Å². The molecule has 0 aromatic heterocycles. The first-order valence-electron chi connectivity index (χ1n) is 8.14. The normalized spacial score (nSPS) is 24.3. The van der Waals surface area contributed by atoms with Gasteiger partial charge in [-0.3, -0.25) is 4.79 Å². The van der Waals surface area contributed by atoms with Crippen LogP contribution in [-0.2, 0) is 4.79 Å². The zero-order valence-corrected chi connectivity index (χ0v) is 13.0. The molecule has 2 atom stereocenters. The van der Waals surface area contributed by atoms with E-state index in [4.69, 9.17) is 5.73 Å². The number of carbonyl (C=O) groups is 1. The van der Waals surface area contributed by atoms with Crippen molar-refractivity contribution in [3.8, 4) is 0 Å². The zero-order valence-electron chi connectivity index (χ0n) is 13.0. The van der Waals surface area contributed by atoms with Gasteiger partial charge in [-0.1, -0.05) is 39.0 Å². The fourth-order valence-electron chi connectivity index (χ4n) is 3.01. The van der Waals surface area contributed by atoms with Gasteiger partial charge in [0.05, 0.1) is 5.92 Å². The Labute approximate surface area is 118 Å². The molecule has 1 aliphatic rings. The highest BCUT2D eigenvalue weighted by Gasteiger charge is 2.31. The third-order valence-corrected chi connectivity index (χ3v) is 4.30. The Balaban J connectivity index is 2.62. The van der Waals surface area contributed by atoms with Crippen LogP contribution in [0, 0.1) is 5.92 Å². The van der Waals surface area contributed by atoms with Crippen molar-refractivity contribution in [2.45, 2.75) is 84.2 Å². The third kappa shape index (κ3) is 5.13. The molecule has 3 nitrogen and oxygen atoms in total. The van der Waals surface area contributed by atoms with E-state index in [9.17, 15) is 4.79 Å². The van der Waals surface area contributed by atoms with Crippen LogP contribution in [0.4, 0.5) is 0 Å². The lowest BCUT2D eigenvalue weighted by atomic mass is 9.93. The Morgan fingerprint density at radius 3 is 2.53 bits per heavy atom. The van der Waals surface area contributed by atoms with Crippen LogP contribution in [0.3, 0.4) is 0 Å². The first-order chi connectivity index (χ1) is 9.07. The summed E-state index contributed by atoms with van der Waals surface area (Å²) in [6, 6.07) is 0.363. The number of hydrogen-bond acceptors (Lipinski definition) is 2. The van der Waals surface area contributed by atoms with Gasteiger partial charge < -0.3 is 10.6 Å². The summed E-state index contributed by atoms with van der Waals surface area (Å²) in [5, 5.41) is 0. The predicted molar refractivity (Wildman–Crippen MR) is 80.9 cm³/mol. The van der Waals surface area contributed by atoms with E-state index in [1.54, 1.807) is 0 Å². The Morgan fingerprint density at radius 2 is 1.89 bits per heavy atom. The number of nitrogens with two attached hydrogens (primary N) is 1. The highest BCUT2D eigenvalue weighted by atomic mass is 16.2. The van der Waals surface area contributed by atoms with Crippen LogP contribution in [0.5, 0.6) is 0 Å². The molecule has 2 N–H and O–H groups in total. The molecule has 0 aromatic rings. The smallest absolute Gasteiger partial charge is 0.227 e. The molecule has 1 amide bonds. The molecule has 2 unspecified atom stereocenters. The summed E-state index contributed by atoms with van der Waals surface area (Å²) in [5.74, 6) is 0.368. The molecule has 1 aliphatic carbocycles. The maximum absolute atomic E-state index is 12.7. The van der Waals surface area contributed by atoms with Gasteiger partial charge in [0.1, 0.15) is 0 Å². The van der Waals surface area contributed by atoms with Crippen LogP contribution in [0.25, 0.3) is 0 Å². The monoisotopic (exact) mass is 268 g/mol. The van der Waals surface area contributed by atoms with Crippen molar-refractivity contribution in [2.75, 3.05) is 6.54 Å². The zero-order chi connectivity index (χ0) is 14.3. The van der Waals surface area contributed by atoms with E-state index >= 15 is 0 Å². The second-order valence-corrected chi connectivity index (χ2v) is 6.24. The Kier molecular flexibility index (Phi) is 7.44. The molecule has 0 aromatic carbocycles. The SMILES string of the molecule is CCCCCN(C(=O)C1CCCCCC1N)C(C)C. The van der Waals surface area contributed by atoms with Crippen molar-refractivity contribution in [2.24, 2.45) is 11.7 Å². The Morgan fingerprint density at radius 1 is 1.21 bits per heavy atom. The molecule has 1 fully saturated rings. The molecular weight excluding hydrogens is 236 g/mol. The van der Waals surface area contributed by atoms with E-state index in [1.807, 2.05) is 0 Å². The van der Waals surface area contributed by atoms with Gasteiger partial charge in [-0.05, 0) is 33.1 Å². The first kappa shape index (κ1) is 16.5. The summed E-state index contributed by atoms with van der Waals surface area (Å²) in [6.45, 7) is 7.33. The quantitative estimate of drug-likeness (QED) is 0.593. The summed E-state index contributed by atoms with van der Waals surface area (Å²) in [5.41, 5.74) is 6.23. The number of carbonyl (C=O) groups excluding carboxylic acids is 1. The van der Waals surface area contributed by atoms with E-state index in [0.717, 1.165) is 32.2 Å². The third-order valence-electron chi connectivity index (χ3n) is 4.30. The predicted octanol–water partition coefficient (Wildman–Crippen LogP) is 3.32. The van der Waals surface area contributed by atoms with Crippen LogP contribution in [0.1, 0.15) is 72.1 Å². The maximum atomic E-state index is 12.7. The molecule has 112 valence electrons. The number of amides is 1. The first-order valence-corrected chi connectivity index (χ1v) is 8.14. The number of unbranched alkanes of at least 4 members (excludes halogenated alkanes) is 2. The number of rotatable bonds is 6. The summed E-state index contributed by atoms with van der Waals surface area (Å²) in [6.07, 6.45) is 9.08. The average molecular weight is 268 g/mol. The highest BCUT2D eigenvalue weighted by molar-refractivity contribution is 5.79. The molecule has 0 radical (unpaired) electrons. The van der Waals surface area contributed by atoms with Crippen molar-refractivity contribution >= 4 is 5.91 Å². The molecule has 0 spiro atoms. The summed E-state index contributed by atoms with van der Waals surface area (Å²) in [4.78, 5) is 14.8.